The predicted molar refractivity (Wildman–Crippen MR) is 79.3 cm³/mol. The van der Waals surface area contributed by atoms with Gasteiger partial charge in [0, 0.05) is 28.4 Å². The van der Waals surface area contributed by atoms with Gasteiger partial charge in [-0.25, -0.2) is 4.98 Å². The first-order valence-corrected chi connectivity index (χ1v) is 8.23. The van der Waals surface area contributed by atoms with E-state index in [-0.39, 0.29) is 16.7 Å². The van der Waals surface area contributed by atoms with Gasteiger partial charge in [-0.05, 0) is 36.7 Å². The van der Waals surface area contributed by atoms with E-state index in [1.54, 1.807) is 12.1 Å². The molecular formula is C14H13F3N2S2. The molecular weight excluding hydrogens is 317 g/mol. The predicted octanol–water partition coefficient (Wildman–Crippen LogP) is 4.67. The molecule has 0 saturated heterocycles. The molecule has 2 aromatic rings. The van der Waals surface area contributed by atoms with Crippen LogP contribution in [0.25, 0.3) is 10.6 Å². The van der Waals surface area contributed by atoms with Gasteiger partial charge in [0.15, 0.2) is 0 Å². The number of rotatable bonds is 5. The van der Waals surface area contributed by atoms with Gasteiger partial charge in [0.25, 0.3) is 0 Å². The van der Waals surface area contributed by atoms with E-state index in [0.29, 0.717) is 6.04 Å². The van der Waals surface area contributed by atoms with Gasteiger partial charge in [-0.1, -0.05) is 12.1 Å². The van der Waals surface area contributed by atoms with E-state index in [4.69, 9.17) is 0 Å². The number of hydrogen-bond donors (Lipinski definition) is 1. The molecule has 0 atom stereocenters. The first-order valence-electron chi connectivity index (χ1n) is 6.53. The van der Waals surface area contributed by atoms with Gasteiger partial charge in [0.2, 0.25) is 0 Å². The van der Waals surface area contributed by atoms with E-state index in [2.05, 4.69) is 10.3 Å². The molecule has 0 spiro atoms. The van der Waals surface area contributed by atoms with Crippen molar-refractivity contribution in [1.82, 2.24) is 10.3 Å². The first-order chi connectivity index (χ1) is 9.99. The number of aromatic nitrogens is 1. The van der Waals surface area contributed by atoms with Gasteiger partial charge in [-0.2, -0.15) is 13.2 Å². The molecule has 2 nitrogen and oxygen atoms in total. The largest absolute Gasteiger partial charge is 0.446 e. The van der Waals surface area contributed by atoms with Crippen molar-refractivity contribution < 1.29 is 13.2 Å². The third-order valence-corrected chi connectivity index (χ3v) is 4.72. The molecule has 0 radical (unpaired) electrons. The molecule has 0 aliphatic heterocycles. The number of nitrogens with zero attached hydrogens (tertiary/aromatic N) is 1. The van der Waals surface area contributed by atoms with Crippen molar-refractivity contribution in [2.45, 2.75) is 35.8 Å². The number of halogens is 3. The van der Waals surface area contributed by atoms with Crippen molar-refractivity contribution in [3.8, 4) is 10.6 Å². The number of thioether (sulfide) groups is 1. The first kappa shape index (κ1) is 14.9. The second kappa shape index (κ2) is 5.98. The average Bonchev–Trinajstić information content (AvgIpc) is 3.13. The topological polar surface area (TPSA) is 24.9 Å². The van der Waals surface area contributed by atoms with Crippen molar-refractivity contribution in [1.29, 1.82) is 0 Å². The lowest BCUT2D eigenvalue weighted by Crippen LogP contribution is -2.15. The molecule has 112 valence electrons. The van der Waals surface area contributed by atoms with Gasteiger partial charge in [0.1, 0.15) is 5.01 Å². The van der Waals surface area contributed by atoms with E-state index < -0.39 is 5.51 Å². The molecule has 1 aliphatic rings. The number of nitrogens with one attached hydrogen (secondary N) is 1. The molecule has 0 unspecified atom stereocenters. The number of thiazole rings is 1. The van der Waals surface area contributed by atoms with Gasteiger partial charge in [-0.3, -0.25) is 0 Å². The van der Waals surface area contributed by atoms with Crippen LogP contribution in [0.4, 0.5) is 13.2 Å². The minimum atomic E-state index is -4.25. The third kappa shape index (κ3) is 4.46. The van der Waals surface area contributed by atoms with E-state index in [9.17, 15) is 13.2 Å². The van der Waals surface area contributed by atoms with Crippen LogP contribution in [0.3, 0.4) is 0 Å². The van der Waals surface area contributed by atoms with Crippen LogP contribution in [-0.2, 0) is 6.54 Å². The summed E-state index contributed by atoms with van der Waals surface area (Å²) in [5.74, 6) is 0. The second-order valence-corrected chi connectivity index (χ2v) is 6.87. The van der Waals surface area contributed by atoms with Crippen LogP contribution in [0.5, 0.6) is 0 Å². The standard InChI is InChI=1S/C14H13F3N2S2/c15-14(16,17)21-12-5-1-9(2-6-12)13-19-11(8-20-13)7-18-10-3-4-10/h1-2,5-6,8,10,18H,3-4,7H2. The Hall–Kier alpha value is -1.05. The molecule has 1 aromatic heterocycles. The maximum Gasteiger partial charge on any atom is 0.446 e. The maximum atomic E-state index is 12.3. The van der Waals surface area contributed by atoms with Crippen LogP contribution < -0.4 is 5.32 Å². The summed E-state index contributed by atoms with van der Waals surface area (Å²) in [6, 6.07) is 6.97. The van der Waals surface area contributed by atoms with Crippen LogP contribution in [0, 0.1) is 0 Å². The molecule has 1 aliphatic carbocycles. The van der Waals surface area contributed by atoms with Crippen LogP contribution in [-0.4, -0.2) is 16.5 Å². The van der Waals surface area contributed by atoms with Crippen LogP contribution in [0.2, 0.25) is 0 Å². The second-order valence-electron chi connectivity index (χ2n) is 4.87. The molecule has 1 fully saturated rings. The highest BCUT2D eigenvalue weighted by Gasteiger charge is 2.29. The monoisotopic (exact) mass is 330 g/mol. The van der Waals surface area contributed by atoms with E-state index in [0.717, 1.165) is 22.8 Å². The Morgan fingerprint density at radius 2 is 1.95 bits per heavy atom. The summed E-state index contributed by atoms with van der Waals surface area (Å²) in [5, 5.41) is 6.22. The van der Waals surface area contributed by atoms with Crippen molar-refractivity contribution >= 4 is 23.1 Å². The summed E-state index contributed by atoms with van der Waals surface area (Å²) in [4.78, 5) is 4.70. The normalized spacial score (nSPS) is 15.4. The smallest absolute Gasteiger partial charge is 0.308 e. The fourth-order valence-electron chi connectivity index (χ4n) is 1.86. The fourth-order valence-corrected chi connectivity index (χ4v) is 3.22. The van der Waals surface area contributed by atoms with Crippen molar-refractivity contribution in [2.75, 3.05) is 0 Å². The molecule has 1 heterocycles. The molecule has 1 aromatic carbocycles. The Morgan fingerprint density at radius 1 is 1.24 bits per heavy atom. The molecule has 1 N–H and O–H groups in total. The zero-order valence-electron chi connectivity index (χ0n) is 11.0. The van der Waals surface area contributed by atoms with Crippen LogP contribution in [0.15, 0.2) is 34.5 Å². The SMILES string of the molecule is FC(F)(F)Sc1ccc(-c2nc(CNC3CC3)cs2)cc1. The molecule has 1 saturated carbocycles. The maximum absolute atomic E-state index is 12.3. The molecule has 0 amide bonds. The fraction of sp³-hybridized carbons (Fsp3) is 0.357. The van der Waals surface area contributed by atoms with Gasteiger partial charge in [-0.15, -0.1) is 11.3 Å². The van der Waals surface area contributed by atoms with Crippen LogP contribution in [0.1, 0.15) is 18.5 Å². The van der Waals surface area contributed by atoms with Crippen molar-refractivity contribution in [2.24, 2.45) is 0 Å². The van der Waals surface area contributed by atoms with Crippen molar-refractivity contribution in [3.05, 3.63) is 35.3 Å². The lowest BCUT2D eigenvalue weighted by Gasteiger charge is -2.05. The van der Waals surface area contributed by atoms with Gasteiger partial charge in [0.05, 0.1) is 5.69 Å². The summed E-state index contributed by atoms with van der Waals surface area (Å²) in [5.41, 5.74) is -2.41. The van der Waals surface area contributed by atoms with E-state index in [1.165, 1.54) is 36.3 Å². The highest BCUT2D eigenvalue weighted by Crippen LogP contribution is 2.37. The minimum Gasteiger partial charge on any atom is -0.308 e. The van der Waals surface area contributed by atoms with Crippen LogP contribution >= 0.6 is 23.1 Å². The molecule has 3 rings (SSSR count). The zero-order valence-corrected chi connectivity index (χ0v) is 12.6. The Balaban J connectivity index is 1.65. The number of benzene rings is 1. The number of alkyl halides is 3. The molecule has 7 heteroatoms. The third-order valence-electron chi connectivity index (χ3n) is 3.04. The summed E-state index contributed by atoms with van der Waals surface area (Å²) >= 11 is 1.41. The lowest BCUT2D eigenvalue weighted by atomic mass is 10.2. The molecule has 0 bridgehead atoms. The summed E-state index contributed by atoms with van der Waals surface area (Å²) < 4.78 is 36.8. The van der Waals surface area contributed by atoms with Gasteiger partial charge < -0.3 is 5.32 Å². The Labute approximate surface area is 128 Å². The minimum absolute atomic E-state index is 0.0989. The quantitative estimate of drug-likeness (QED) is 0.806. The van der Waals surface area contributed by atoms with Gasteiger partial charge >= 0.3 is 5.51 Å². The summed E-state index contributed by atoms with van der Waals surface area (Å²) in [6.45, 7) is 0.753. The summed E-state index contributed by atoms with van der Waals surface area (Å²) in [6.07, 6.45) is 2.46. The number of hydrogen-bond acceptors (Lipinski definition) is 4. The Morgan fingerprint density at radius 3 is 2.57 bits per heavy atom. The Kier molecular flexibility index (Phi) is 4.24. The summed E-state index contributed by atoms with van der Waals surface area (Å²) in [7, 11) is 0. The highest BCUT2D eigenvalue weighted by molar-refractivity contribution is 8.00. The zero-order chi connectivity index (χ0) is 14.9. The lowest BCUT2D eigenvalue weighted by molar-refractivity contribution is -0.0328. The van der Waals surface area contributed by atoms with Crippen molar-refractivity contribution in [3.63, 3.8) is 0 Å². The van der Waals surface area contributed by atoms with E-state index >= 15 is 0 Å². The molecule has 21 heavy (non-hydrogen) atoms. The highest BCUT2D eigenvalue weighted by atomic mass is 32.2. The Bertz CT molecular complexity index is 603. The van der Waals surface area contributed by atoms with E-state index in [1.807, 2.05) is 5.38 Å². The average molecular weight is 330 g/mol.